The van der Waals surface area contributed by atoms with Crippen LogP contribution in [0.2, 0.25) is 0 Å². The molecule has 0 N–H and O–H groups in total. The number of Topliss-reactive ketones (excluding diaryl/α,β-unsaturated/α-hetero) is 1. The van der Waals surface area contributed by atoms with E-state index in [1.54, 1.807) is 41.3 Å². The Morgan fingerprint density at radius 1 is 1.15 bits per heavy atom. The molecule has 4 rings (SSSR count). The van der Waals surface area contributed by atoms with Gasteiger partial charge in [0.05, 0.1) is 0 Å². The van der Waals surface area contributed by atoms with Gasteiger partial charge in [0.25, 0.3) is 0 Å². The molecule has 136 valence electrons. The molecule has 8 heteroatoms. The van der Waals surface area contributed by atoms with Crippen LogP contribution in [0.1, 0.15) is 23.2 Å². The summed E-state index contributed by atoms with van der Waals surface area (Å²) in [6.45, 7) is 0.627. The van der Waals surface area contributed by atoms with Crippen molar-refractivity contribution >= 4 is 17.4 Å². The second kappa shape index (κ2) is 7.06. The zero-order chi connectivity index (χ0) is 18.8. The molecular weight excluding hydrogens is 349 g/mol. The zero-order valence-corrected chi connectivity index (χ0v) is 14.4. The molecule has 0 bridgehead atoms. The molecule has 3 aromatic rings. The third-order valence-corrected chi connectivity index (χ3v) is 4.40. The number of carbonyl (C=O) groups is 2. The highest BCUT2D eigenvalue weighted by Crippen LogP contribution is 2.22. The maximum absolute atomic E-state index is 13.3. The van der Waals surface area contributed by atoms with Crippen molar-refractivity contribution in [3.05, 3.63) is 59.9 Å². The third-order valence-electron chi connectivity index (χ3n) is 4.40. The number of tetrazole rings is 1. The van der Waals surface area contributed by atoms with E-state index in [9.17, 15) is 14.0 Å². The van der Waals surface area contributed by atoms with Crippen molar-refractivity contribution in [2.45, 2.75) is 19.4 Å². The van der Waals surface area contributed by atoms with E-state index in [-0.39, 0.29) is 24.1 Å². The van der Waals surface area contributed by atoms with Crippen molar-refractivity contribution in [3.8, 4) is 11.4 Å². The summed E-state index contributed by atoms with van der Waals surface area (Å²) in [6, 6.07) is 12.8. The maximum atomic E-state index is 13.3. The summed E-state index contributed by atoms with van der Waals surface area (Å²) in [7, 11) is 0. The van der Waals surface area contributed by atoms with Gasteiger partial charge in [-0.15, -0.1) is 10.2 Å². The van der Waals surface area contributed by atoms with Crippen LogP contribution in [0.3, 0.4) is 0 Å². The van der Waals surface area contributed by atoms with E-state index in [0.717, 1.165) is 12.1 Å². The van der Waals surface area contributed by atoms with Gasteiger partial charge in [0.1, 0.15) is 12.4 Å². The first-order chi connectivity index (χ1) is 13.1. The van der Waals surface area contributed by atoms with Gasteiger partial charge in [-0.25, -0.2) is 4.39 Å². The minimum atomic E-state index is -0.392. The van der Waals surface area contributed by atoms with Crippen LogP contribution >= 0.6 is 0 Å². The second-order valence-electron chi connectivity index (χ2n) is 6.27. The number of hydrogen-bond acceptors (Lipinski definition) is 5. The minimum Gasteiger partial charge on any atom is -0.312 e. The van der Waals surface area contributed by atoms with E-state index < -0.39 is 5.82 Å². The van der Waals surface area contributed by atoms with Gasteiger partial charge < -0.3 is 4.90 Å². The van der Waals surface area contributed by atoms with Crippen LogP contribution in [0.25, 0.3) is 11.4 Å². The number of ketones is 1. The van der Waals surface area contributed by atoms with Crippen LogP contribution in [0, 0.1) is 5.82 Å². The molecular formula is C19H16FN5O2. The average Bonchev–Trinajstić information content (AvgIpc) is 3.31. The lowest BCUT2D eigenvalue weighted by Gasteiger charge is -2.15. The fourth-order valence-corrected chi connectivity index (χ4v) is 3.02. The fourth-order valence-electron chi connectivity index (χ4n) is 3.02. The third kappa shape index (κ3) is 3.59. The number of amides is 1. The molecule has 1 aromatic heterocycles. The Kier molecular flexibility index (Phi) is 4.45. The number of nitrogens with zero attached hydrogens (tertiary/aromatic N) is 5. The summed E-state index contributed by atoms with van der Waals surface area (Å²) < 4.78 is 13.3. The molecule has 0 unspecified atom stereocenters. The Hall–Kier alpha value is -3.42. The highest BCUT2D eigenvalue weighted by atomic mass is 19.1. The molecule has 1 aliphatic rings. The Labute approximate surface area is 154 Å². The van der Waals surface area contributed by atoms with Gasteiger partial charge in [-0.2, -0.15) is 4.80 Å². The first-order valence-corrected chi connectivity index (χ1v) is 8.57. The zero-order valence-electron chi connectivity index (χ0n) is 14.4. The first kappa shape index (κ1) is 17.0. The first-order valence-electron chi connectivity index (χ1n) is 8.57. The molecule has 1 fully saturated rings. The van der Waals surface area contributed by atoms with E-state index in [1.807, 2.05) is 0 Å². The molecule has 0 atom stereocenters. The lowest BCUT2D eigenvalue weighted by molar-refractivity contribution is -0.117. The van der Waals surface area contributed by atoms with Gasteiger partial charge in [-0.05, 0) is 48.0 Å². The Bertz CT molecular complexity index is 999. The molecule has 0 saturated carbocycles. The van der Waals surface area contributed by atoms with Crippen LogP contribution in [-0.2, 0) is 11.3 Å². The van der Waals surface area contributed by atoms with E-state index in [2.05, 4.69) is 15.4 Å². The molecule has 1 amide bonds. The standard InChI is InChI=1S/C19H16FN5O2/c20-15-4-1-3-14(11-15)19-21-23-25(22-19)12-17(26)13-6-8-16(9-7-13)24-10-2-5-18(24)27/h1,3-4,6-9,11H,2,5,10,12H2. The van der Waals surface area contributed by atoms with E-state index in [0.29, 0.717) is 24.1 Å². The van der Waals surface area contributed by atoms with Gasteiger partial charge in [-0.1, -0.05) is 12.1 Å². The Balaban J connectivity index is 1.45. The summed E-state index contributed by atoms with van der Waals surface area (Å²) in [4.78, 5) is 27.1. The van der Waals surface area contributed by atoms with Crippen molar-refractivity contribution in [2.24, 2.45) is 0 Å². The van der Waals surface area contributed by atoms with Crippen LogP contribution < -0.4 is 4.90 Å². The fraction of sp³-hybridized carbons (Fsp3) is 0.211. The summed E-state index contributed by atoms with van der Waals surface area (Å²) in [5.41, 5.74) is 1.78. The number of benzene rings is 2. The van der Waals surface area contributed by atoms with E-state index >= 15 is 0 Å². The lowest BCUT2D eigenvalue weighted by Crippen LogP contribution is -2.23. The Morgan fingerprint density at radius 2 is 1.96 bits per heavy atom. The molecule has 2 aromatic carbocycles. The predicted octanol–water partition coefficient (Wildman–Crippen LogP) is 2.49. The maximum Gasteiger partial charge on any atom is 0.227 e. The number of halogens is 1. The minimum absolute atomic E-state index is 0.0791. The second-order valence-corrected chi connectivity index (χ2v) is 6.27. The summed E-state index contributed by atoms with van der Waals surface area (Å²) >= 11 is 0. The summed E-state index contributed by atoms with van der Waals surface area (Å²) in [5.74, 6) is -0.218. The highest BCUT2D eigenvalue weighted by molar-refractivity contribution is 5.98. The molecule has 0 aliphatic carbocycles. The van der Waals surface area contributed by atoms with E-state index in [1.165, 1.54) is 16.9 Å². The van der Waals surface area contributed by atoms with Crippen molar-refractivity contribution in [1.29, 1.82) is 0 Å². The van der Waals surface area contributed by atoms with Gasteiger partial charge in [-0.3, -0.25) is 9.59 Å². The molecule has 7 nitrogen and oxygen atoms in total. The lowest BCUT2D eigenvalue weighted by atomic mass is 10.1. The summed E-state index contributed by atoms with van der Waals surface area (Å²) in [6.07, 6.45) is 1.41. The Morgan fingerprint density at radius 3 is 2.67 bits per heavy atom. The molecule has 2 heterocycles. The van der Waals surface area contributed by atoms with Crippen LogP contribution in [0.4, 0.5) is 10.1 Å². The van der Waals surface area contributed by atoms with Gasteiger partial charge >= 0.3 is 0 Å². The van der Waals surface area contributed by atoms with Crippen LogP contribution in [-0.4, -0.2) is 38.4 Å². The topological polar surface area (TPSA) is 81.0 Å². The van der Waals surface area contributed by atoms with E-state index in [4.69, 9.17) is 0 Å². The largest absolute Gasteiger partial charge is 0.312 e. The SMILES string of the molecule is O=C(Cn1nnc(-c2cccc(F)c2)n1)c1ccc(N2CCCC2=O)cc1. The molecule has 1 aliphatic heterocycles. The number of anilines is 1. The molecule has 0 radical (unpaired) electrons. The van der Waals surface area contributed by atoms with Crippen LogP contribution in [0.15, 0.2) is 48.5 Å². The molecule has 1 saturated heterocycles. The smallest absolute Gasteiger partial charge is 0.227 e. The highest BCUT2D eigenvalue weighted by Gasteiger charge is 2.21. The van der Waals surface area contributed by atoms with Crippen molar-refractivity contribution in [2.75, 3.05) is 11.4 Å². The number of aromatic nitrogens is 4. The normalized spacial score (nSPS) is 14.0. The van der Waals surface area contributed by atoms with Gasteiger partial charge in [0.2, 0.25) is 11.7 Å². The van der Waals surface area contributed by atoms with Crippen molar-refractivity contribution in [1.82, 2.24) is 20.2 Å². The molecule has 0 spiro atoms. The van der Waals surface area contributed by atoms with Gasteiger partial charge in [0, 0.05) is 29.8 Å². The van der Waals surface area contributed by atoms with Crippen molar-refractivity contribution < 1.29 is 14.0 Å². The number of carbonyl (C=O) groups excluding carboxylic acids is 2. The summed E-state index contributed by atoms with van der Waals surface area (Å²) in [5, 5.41) is 11.9. The quantitative estimate of drug-likeness (QED) is 0.649. The van der Waals surface area contributed by atoms with Crippen LogP contribution in [0.5, 0.6) is 0 Å². The number of rotatable bonds is 5. The monoisotopic (exact) mass is 365 g/mol. The molecule has 27 heavy (non-hydrogen) atoms. The number of hydrogen-bond donors (Lipinski definition) is 0. The van der Waals surface area contributed by atoms with Gasteiger partial charge in [0.15, 0.2) is 5.78 Å². The average molecular weight is 365 g/mol. The predicted molar refractivity (Wildman–Crippen MR) is 95.6 cm³/mol. The van der Waals surface area contributed by atoms with Crippen molar-refractivity contribution in [3.63, 3.8) is 0 Å².